The lowest BCUT2D eigenvalue weighted by molar-refractivity contribution is 0.374. The van der Waals surface area contributed by atoms with E-state index in [2.05, 4.69) is 34.5 Å². The molecule has 88 valence electrons. The van der Waals surface area contributed by atoms with Crippen LogP contribution in [0, 0.1) is 0 Å². The zero-order valence-electron chi connectivity index (χ0n) is 9.78. The first-order valence-corrected chi connectivity index (χ1v) is 6.14. The van der Waals surface area contributed by atoms with Gasteiger partial charge in [-0.1, -0.05) is 18.2 Å². The highest BCUT2D eigenvalue weighted by atomic mass is 15.1. The first-order chi connectivity index (χ1) is 7.92. The maximum Gasteiger partial charge on any atom is 0.0399 e. The molecule has 2 aliphatic heterocycles. The van der Waals surface area contributed by atoms with Crippen molar-refractivity contribution in [3.05, 3.63) is 35.6 Å². The highest BCUT2D eigenvalue weighted by Gasteiger charge is 2.15. The van der Waals surface area contributed by atoms with Gasteiger partial charge in [0, 0.05) is 25.3 Å². The van der Waals surface area contributed by atoms with Crippen molar-refractivity contribution < 1.29 is 0 Å². The van der Waals surface area contributed by atoms with Gasteiger partial charge in [0.2, 0.25) is 0 Å². The summed E-state index contributed by atoms with van der Waals surface area (Å²) in [6, 6.07) is 0. The minimum absolute atomic E-state index is 0.772. The lowest BCUT2D eigenvalue weighted by Crippen LogP contribution is -2.31. The normalized spacial score (nSPS) is 20.7. The minimum Gasteiger partial charge on any atom is -0.368 e. The van der Waals surface area contributed by atoms with Crippen molar-refractivity contribution in [3.63, 3.8) is 0 Å². The second-order valence-electron chi connectivity index (χ2n) is 4.25. The molecular formula is C13H21N3. The van der Waals surface area contributed by atoms with Gasteiger partial charge < -0.3 is 16.0 Å². The average molecular weight is 219 g/mol. The third-order valence-corrected chi connectivity index (χ3v) is 3.08. The molecule has 2 heterocycles. The molecule has 16 heavy (non-hydrogen) atoms. The van der Waals surface area contributed by atoms with E-state index in [0.29, 0.717) is 0 Å². The Balaban J connectivity index is 2.06. The summed E-state index contributed by atoms with van der Waals surface area (Å²) >= 11 is 0. The average Bonchev–Trinajstić information content (AvgIpc) is 2.38. The van der Waals surface area contributed by atoms with E-state index in [1.165, 1.54) is 11.3 Å². The van der Waals surface area contributed by atoms with Crippen LogP contribution in [0.4, 0.5) is 0 Å². The van der Waals surface area contributed by atoms with Crippen LogP contribution in [0.1, 0.15) is 12.8 Å². The Kier molecular flexibility index (Phi) is 4.19. The third-order valence-electron chi connectivity index (χ3n) is 3.08. The number of nitrogens with one attached hydrogen (secondary N) is 1. The molecule has 0 saturated carbocycles. The predicted octanol–water partition coefficient (Wildman–Crippen LogP) is 1.01. The van der Waals surface area contributed by atoms with Crippen LogP contribution >= 0.6 is 0 Å². The molecule has 3 heteroatoms. The highest BCUT2D eigenvalue weighted by molar-refractivity contribution is 5.36. The van der Waals surface area contributed by atoms with Gasteiger partial charge in [0.15, 0.2) is 0 Å². The van der Waals surface area contributed by atoms with Gasteiger partial charge in [0.1, 0.15) is 0 Å². The van der Waals surface area contributed by atoms with Gasteiger partial charge in [0.05, 0.1) is 0 Å². The molecule has 0 aromatic heterocycles. The molecule has 0 fully saturated rings. The topological polar surface area (TPSA) is 41.3 Å². The molecule has 3 N–H and O–H groups in total. The van der Waals surface area contributed by atoms with E-state index in [4.69, 9.17) is 5.73 Å². The maximum atomic E-state index is 5.58. The molecule has 0 spiro atoms. The number of allylic oxidation sites excluding steroid dienone is 3. The first-order valence-electron chi connectivity index (χ1n) is 6.14. The maximum absolute atomic E-state index is 5.58. The smallest absolute Gasteiger partial charge is 0.0399 e. The molecule has 0 unspecified atom stereocenters. The van der Waals surface area contributed by atoms with E-state index in [-0.39, 0.29) is 0 Å². The number of hydrogen-bond acceptors (Lipinski definition) is 3. The zero-order valence-corrected chi connectivity index (χ0v) is 9.78. The van der Waals surface area contributed by atoms with E-state index in [1.807, 2.05) is 0 Å². The fourth-order valence-corrected chi connectivity index (χ4v) is 2.21. The molecule has 0 bridgehead atoms. The Morgan fingerprint density at radius 2 is 2.38 bits per heavy atom. The van der Waals surface area contributed by atoms with Crippen molar-refractivity contribution in [1.82, 2.24) is 10.2 Å². The van der Waals surface area contributed by atoms with Crippen molar-refractivity contribution in [2.75, 3.05) is 32.7 Å². The minimum atomic E-state index is 0.772. The summed E-state index contributed by atoms with van der Waals surface area (Å²) in [6.45, 7) is 4.96. The Hall–Kier alpha value is -1.06. The molecule has 0 aliphatic carbocycles. The van der Waals surface area contributed by atoms with Crippen LogP contribution in [0.15, 0.2) is 35.6 Å². The van der Waals surface area contributed by atoms with Crippen LogP contribution < -0.4 is 11.1 Å². The van der Waals surface area contributed by atoms with Gasteiger partial charge in [-0.15, -0.1) is 0 Å². The van der Waals surface area contributed by atoms with E-state index < -0.39 is 0 Å². The lowest BCUT2D eigenvalue weighted by Gasteiger charge is -2.31. The van der Waals surface area contributed by atoms with Crippen molar-refractivity contribution in [3.8, 4) is 0 Å². The predicted molar refractivity (Wildman–Crippen MR) is 68.0 cm³/mol. The Morgan fingerprint density at radius 1 is 1.44 bits per heavy atom. The molecule has 0 saturated heterocycles. The highest BCUT2D eigenvalue weighted by Crippen LogP contribution is 2.22. The van der Waals surface area contributed by atoms with Crippen LogP contribution in [0.25, 0.3) is 0 Å². The summed E-state index contributed by atoms with van der Waals surface area (Å²) in [6.07, 6.45) is 11.1. The molecule has 3 nitrogen and oxygen atoms in total. The summed E-state index contributed by atoms with van der Waals surface area (Å²) in [7, 11) is 0. The van der Waals surface area contributed by atoms with Crippen LogP contribution in [0.3, 0.4) is 0 Å². The van der Waals surface area contributed by atoms with Crippen LogP contribution in [-0.4, -0.2) is 37.6 Å². The molecular weight excluding hydrogens is 198 g/mol. The lowest BCUT2D eigenvalue weighted by atomic mass is 10.0. The molecule has 0 amide bonds. The summed E-state index contributed by atoms with van der Waals surface area (Å²) in [5.41, 5.74) is 8.47. The van der Waals surface area contributed by atoms with Gasteiger partial charge in [-0.2, -0.15) is 0 Å². The Bertz CT molecular complexity index is 315. The number of nitrogens with two attached hydrogens (primary N) is 1. The monoisotopic (exact) mass is 219 g/mol. The summed E-state index contributed by atoms with van der Waals surface area (Å²) < 4.78 is 0. The number of hydrogen-bond donors (Lipinski definition) is 2. The third kappa shape index (κ3) is 2.74. The van der Waals surface area contributed by atoms with Gasteiger partial charge in [0.25, 0.3) is 0 Å². The fraction of sp³-hybridized carbons (Fsp3) is 0.538. The van der Waals surface area contributed by atoms with Gasteiger partial charge in [-0.25, -0.2) is 0 Å². The van der Waals surface area contributed by atoms with Crippen molar-refractivity contribution >= 4 is 0 Å². The number of nitrogens with zero attached hydrogens (tertiary/aromatic N) is 1. The molecule has 0 atom stereocenters. The first kappa shape index (κ1) is 11.4. The van der Waals surface area contributed by atoms with Crippen LogP contribution in [0.5, 0.6) is 0 Å². The number of rotatable bonds is 4. The standard InChI is InChI=1S/C13H21N3/c14-7-3-11-16-10-2-1-4-13(16)12-5-8-15-9-6-12/h1-2,4-5,15H,3,6-11,14H2. The van der Waals surface area contributed by atoms with Gasteiger partial charge >= 0.3 is 0 Å². The van der Waals surface area contributed by atoms with E-state index in [0.717, 1.165) is 45.6 Å². The molecule has 0 aromatic rings. The van der Waals surface area contributed by atoms with Crippen molar-refractivity contribution in [1.29, 1.82) is 0 Å². The fourth-order valence-electron chi connectivity index (χ4n) is 2.21. The summed E-state index contributed by atoms with van der Waals surface area (Å²) in [4.78, 5) is 2.43. The van der Waals surface area contributed by atoms with E-state index in [9.17, 15) is 0 Å². The van der Waals surface area contributed by atoms with Crippen molar-refractivity contribution in [2.24, 2.45) is 5.73 Å². The SMILES string of the molecule is NCCCN1CC=CC=C1C1=CCNCC1. The van der Waals surface area contributed by atoms with E-state index >= 15 is 0 Å². The van der Waals surface area contributed by atoms with Crippen LogP contribution in [-0.2, 0) is 0 Å². The Labute approximate surface area is 97.7 Å². The Morgan fingerprint density at radius 3 is 3.12 bits per heavy atom. The molecule has 0 radical (unpaired) electrons. The quantitative estimate of drug-likeness (QED) is 0.741. The second kappa shape index (κ2) is 5.87. The second-order valence-corrected chi connectivity index (χ2v) is 4.25. The largest absolute Gasteiger partial charge is 0.368 e. The van der Waals surface area contributed by atoms with Crippen LogP contribution in [0.2, 0.25) is 0 Å². The zero-order chi connectivity index (χ0) is 11.2. The van der Waals surface area contributed by atoms with E-state index in [1.54, 1.807) is 0 Å². The molecule has 2 aliphatic rings. The summed E-state index contributed by atoms with van der Waals surface area (Å²) in [5, 5.41) is 3.35. The summed E-state index contributed by atoms with van der Waals surface area (Å²) in [5.74, 6) is 0. The van der Waals surface area contributed by atoms with Crippen molar-refractivity contribution in [2.45, 2.75) is 12.8 Å². The van der Waals surface area contributed by atoms with Gasteiger partial charge in [-0.05, 0) is 37.6 Å². The molecule has 0 aromatic carbocycles. The van der Waals surface area contributed by atoms with Gasteiger partial charge in [-0.3, -0.25) is 0 Å². The molecule has 2 rings (SSSR count).